The molecule has 0 radical (unpaired) electrons. The third kappa shape index (κ3) is 2.87. The molecule has 3 amide bonds. The summed E-state index contributed by atoms with van der Waals surface area (Å²) < 4.78 is 6.24. The molecule has 3 fully saturated rings. The molecule has 0 unspecified atom stereocenters. The van der Waals surface area contributed by atoms with E-state index < -0.39 is 17.4 Å². The minimum Gasteiger partial charge on any atom is -0.360 e. The predicted molar refractivity (Wildman–Crippen MR) is 111 cm³/mol. The Balaban J connectivity index is 1.41. The molecular formula is C23H27N3O4. The van der Waals surface area contributed by atoms with E-state index in [4.69, 9.17) is 4.74 Å². The number of hydrogen-bond acceptors (Lipinski definition) is 4. The SMILES string of the molecule is CC(C)c1ccc(N2C[C@]34C=C[C@H](O3)[C@@H](C(=O)N3CCNC(=O)CC3)[C@@H]4C2=O)cc1. The molecule has 2 bridgehead atoms. The summed E-state index contributed by atoms with van der Waals surface area (Å²) in [5.74, 6) is -0.809. The van der Waals surface area contributed by atoms with Crippen LogP contribution in [0.25, 0.3) is 0 Å². The van der Waals surface area contributed by atoms with Gasteiger partial charge in [-0.15, -0.1) is 0 Å². The Kier molecular flexibility index (Phi) is 4.47. The first-order valence-corrected chi connectivity index (χ1v) is 10.7. The van der Waals surface area contributed by atoms with Gasteiger partial charge in [0.25, 0.3) is 0 Å². The Bertz CT molecular complexity index is 925. The molecule has 0 aliphatic carbocycles. The van der Waals surface area contributed by atoms with Gasteiger partial charge in [0.1, 0.15) is 5.60 Å². The number of rotatable bonds is 3. The van der Waals surface area contributed by atoms with Crippen LogP contribution < -0.4 is 10.2 Å². The van der Waals surface area contributed by atoms with Gasteiger partial charge in [-0.3, -0.25) is 14.4 Å². The van der Waals surface area contributed by atoms with Gasteiger partial charge in [0, 0.05) is 31.7 Å². The smallest absolute Gasteiger partial charge is 0.234 e. The van der Waals surface area contributed by atoms with Crippen LogP contribution >= 0.6 is 0 Å². The van der Waals surface area contributed by atoms with E-state index in [1.165, 1.54) is 5.56 Å². The van der Waals surface area contributed by atoms with Crippen molar-refractivity contribution in [1.82, 2.24) is 10.2 Å². The lowest BCUT2D eigenvalue weighted by Gasteiger charge is -2.29. The second-order valence-corrected chi connectivity index (χ2v) is 9.00. The van der Waals surface area contributed by atoms with Crippen molar-refractivity contribution in [2.24, 2.45) is 11.8 Å². The fraction of sp³-hybridized carbons (Fsp3) is 0.522. The highest BCUT2D eigenvalue weighted by atomic mass is 16.5. The van der Waals surface area contributed by atoms with Crippen LogP contribution in [0.3, 0.4) is 0 Å². The number of amides is 3. The molecule has 7 nitrogen and oxygen atoms in total. The molecule has 0 aromatic heterocycles. The number of benzene rings is 1. The molecule has 7 heteroatoms. The largest absolute Gasteiger partial charge is 0.360 e. The number of hydrogen-bond donors (Lipinski definition) is 1. The van der Waals surface area contributed by atoms with Crippen molar-refractivity contribution in [2.75, 3.05) is 31.1 Å². The Morgan fingerprint density at radius 2 is 1.97 bits per heavy atom. The molecule has 0 saturated carbocycles. The zero-order valence-electron chi connectivity index (χ0n) is 17.3. The molecule has 1 spiro atoms. The van der Waals surface area contributed by atoms with E-state index in [1.54, 1.807) is 9.80 Å². The van der Waals surface area contributed by atoms with E-state index in [0.717, 1.165) is 5.69 Å². The monoisotopic (exact) mass is 409 g/mol. The number of carbonyl (C=O) groups excluding carboxylic acids is 3. The number of anilines is 1. The van der Waals surface area contributed by atoms with E-state index in [1.807, 2.05) is 24.3 Å². The standard InChI is InChI=1S/C23H27N3O4/c1-14(2)15-3-5-16(6-4-15)26-13-23-9-7-17(30-23)19(20(23)22(26)29)21(28)25-11-8-18(27)24-10-12-25/h3-7,9,14,17,19-20H,8,10-13H2,1-2H3,(H,24,27)/t17-,19+,20+,23-/m0/s1. The molecule has 1 aromatic rings. The molecule has 4 heterocycles. The van der Waals surface area contributed by atoms with Crippen molar-refractivity contribution in [3.8, 4) is 0 Å². The van der Waals surface area contributed by atoms with Crippen LogP contribution in [0.2, 0.25) is 0 Å². The molecule has 30 heavy (non-hydrogen) atoms. The second-order valence-electron chi connectivity index (χ2n) is 9.00. The molecule has 1 N–H and O–H groups in total. The zero-order chi connectivity index (χ0) is 21.0. The number of nitrogens with zero attached hydrogens (tertiary/aromatic N) is 2. The van der Waals surface area contributed by atoms with Gasteiger partial charge in [-0.05, 0) is 23.6 Å². The van der Waals surface area contributed by atoms with Gasteiger partial charge < -0.3 is 19.9 Å². The highest BCUT2D eigenvalue weighted by Crippen LogP contribution is 2.53. The van der Waals surface area contributed by atoms with Gasteiger partial charge >= 0.3 is 0 Å². The Labute approximate surface area is 176 Å². The second kappa shape index (κ2) is 6.94. The quantitative estimate of drug-likeness (QED) is 0.767. The Morgan fingerprint density at radius 3 is 2.70 bits per heavy atom. The Morgan fingerprint density at radius 1 is 1.20 bits per heavy atom. The van der Waals surface area contributed by atoms with Gasteiger partial charge in [0.15, 0.2) is 0 Å². The number of carbonyl (C=O) groups is 3. The first-order chi connectivity index (χ1) is 14.4. The summed E-state index contributed by atoms with van der Waals surface area (Å²) in [5, 5.41) is 2.80. The summed E-state index contributed by atoms with van der Waals surface area (Å²) in [6.45, 7) is 5.99. The number of nitrogens with one attached hydrogen (secondary N) is 1. The molecule has 158 valence electrons. The minimum absolute atomic E-state index is 0.0428. The fourth-order valence-electron chi connectivity index (χ4n) is 5.24. The van der Waals surface area contributed by atoms with E-state index in [-0.39, 0.29) is 30.2 Å². The average Bonchev–Trinajstić information content (AvgIpc) is 3.32. The molecule has 4 atom stereocenters. The van der Waals surface area contributed by atoms with Crippen LogP contribution in [0.4, 0.5) is 5.69 Å². The summed E-state index contributed by atoms with van der Waals surface area (Å²) in [6.07, 6.45) is 3.82. The van der Waals surface area contributed by atoms with Crippen LogP contribution in [0.5, 0.6) is 0 Å². The lowest BCUT2D eigenvalue weighted by Crippen LogP contribution is -2.47. The van der Waals surface area contributed by atoms with E-state index in [9.17, 15) is 14.4 Å². The van der Waals surface area contributed by atoms with Crippen molar-refractivity contribution < 1.29 is 19.1 Å². The van der Waals surface area contributed by atoms with E-state index >= 15 is 0 Å². The van der Waals surface area contributed by atoms with Crippen molar-refractivity contribution in [3.63, 3.8) is 0 Å². The third-order valence-corrected chi connectivity index (χ3v) is 6.88. The van der Waals surface area contributed by atoms with Crippen LogP contribution in [0.1, 0.15) is 31.7 Å². The Hall–Kier alpha value is -2.67. The van der Waals surface area contributed by atoms with Crippen molar-refractivity contribution >= 4 is 23.4 Å². The summed E-state index contributed by atoms with van der Waals surface area (Å²) in [6, 6.07) is 8.06. The van der Waals surface area contributed by atoms with Crippen molar-refractivity contribution in [1.29, 1.82) is 0 Å². The van der Waals surface area contributed by atoms with Crippen LogP contribution in [0.15, 0.2) is 36.4 Å². The van der Waals surface area contributed by atoms with Gasteiger partial charge in [-0.2, -0.15) is 0 Å². The molecule has 3 saturated heterocycles. The highest BCUT2D eigenvalue weighted by Gasteiger charge is 2.67. The topological polar surface area (TPSA) is 79.0 Å². The molecule has 4 aliphatic rings. The number of ether oxygens (including phenoxy) is 1. The first-order valence-electron chi connectivity index (χ1n) is 10.7. The van der Waals surface area contributed by atoms with E-state index in [0.29, 0.717) is 32.1 Å². The maximum Gasteiger partial charge on any atom is 0.234 e. The maximum absolute atomic E-state index is 13.5. The van der Waals surface area contributed by atoms with E-state index in [2.05, 4.69) is 31.3 Å². The third-order valence-electron chi connectivity index (χ3n) is 6.88. The van der Waals surface area contributed by atoms with Gasteiger partial charge in [0.05, 0.1) is 24.5 Å². The highest BCUT2D eigenvalue weighted by molar-refractivity contribution is 6.03. The van der Waals surface area contributed by atoms with Gasteiger partial charge in [0.2, 0.25) is 17.7 Å². The maximum atomic E-state index is 13.5. The van der Waals surface area contributed by atoms with Gasteiger partial charge in [-0.1, -0.05) is 38.1 Å². The first kappa shape index (κ1) is 19.3. The van der Waals surface area contributed by atoms with Gasteiger partial charge in [-0.25, -0.2) is 0 Å². The number of fused-ring (bicyclic) bond motifs is 1. The summed E-state index contributed by atoms with van der Waals surface area (Å²) >= 11 is 0. The zero-order valence-corrected chi connectivity index (χ0v) is 17.3. The van der Waals surface area contributed by atoms with Crippen LogP contribution in [-0.2, 0) is 19.1 Å². The van der Waals surface area contributed by atoms with Crippen molar-refractivity contribution in [3.05, 3.63) is 42.0 Å². The molecular weight excluding hydrogens is 382 g/mol. The molecule has 4 aliphatic heterocycles. The molecule has 5 rings (SSSR count). The predicted octanol–water partition coefficient (Wildman–Crippen LogP) is 1.44. The summed E-state index contributed by atoms with van der Waals surface area (Å²) in [5.41, 5.74) is 1.32. The van der Waals surface area contributed by atoms with Crippen LogP contribution in [0, 0.1) is 11.8 Å². The fourth-order valence-corrected chi connectivity index (χ4v) is 5.24. The summed E-state index contributed by atoms with van der Waals surface area (Å²) in [4.78, 5) is 42.0. The lowest BCUT2D eigenvalue weighted by atomic mass is 9.76. The minimum atomic E-state index is -0.737. The lowest BCUT2D eigenvalue weighted by molar-refractivity contribution is -0.140. The van der Waals surface area contributed by atoms with Crippen LogP contribution in [-0.4, -0.2) is 60.5 Å². The summed E-state index contributed by atoms with van der Waals surface area (Å²) in [7, 11) is 0. The van der Waals surface area contributed by atoms with Crippen molar-refractivity contribution in [2.45, 2.75) is 37.9 Å². The average molecular weight is 409 g/mol. The molecule has 1 aromatic carbocycles. The normalized spacial score (nSPS) is 32.6.